The molecule has 0 aliphatic carbocycles. The Morgan fingerprint density at radius 1 is 1.03 bits per heavy atom. The number of methoxy groups -OCH3 is 1. The minimum atomic E-state index is -0.276. The highest BCUT2D eigenvalue weighted by molar-refractivity contribution is 8.27. The number of aryl methyl sites for hydroxylation is 3. The lowest BCUT2D eigenvalue weighted by molar-refractivity contribution is -0.118. The van der Waals surface area contributed by atoms with E-state index in [0.717, 1.165) is 27.9 Å². The van der Waals surface area contributed by atoms with Crippen LogP contribution in [0.3, 0.4) is 0 Å². The first-order chi connectivity index (χ1) is 17.2. The molecular formula is C28H26N2O4S2. The van der Waals surface area contributed by atoms with Crippen LogP contribution in [0.15, 0.2) is 65.6 Å². The Hall–Kier alpha value is -3.62. The first-order valence-electron chi connectivity index (χ1n) is 11.3. The number of hydrogen-bond acceptors (Lipinski definition) is 6. The number of benzene rings is 3. The molecule has 1 heterocycles. The highest BCUT2D eigenvalue weighted by Gasteiger charge is 2.33. The van der Waals surface area contributed by atoms with Crippen LogP contribution in [0, 0.1) is 20.8 Å². The minimum absolute atomic E-state index is 0.166. The SMILES string of the molecule is COc1cc(C=C2SC(=S)N(c3ccc(C)c(C)c3)C2=O)ccc1OCC(=O)Nc1cccc(C)c1. The summed E-state index contributed by atoms with van der Waals surface area (Å²) in [6, 6.07) is 18.7. The van der Waals surface area contributed by atoms with Crippen molar-refractivity contribution in [1.82, 2.24) is 0 Å². The van der Waals surface area contributed by atoms with Gasteiger partial charge in [0.25, 0.3) is 11.8 Å². The van der Waals surface area contributed by atoms with Crippen LogP contribution in [0.2, 0.25) is 0 Å². The van der Waals surface area contributed by atoms with Gasteiger partial charge in [-0.25, -0.2) is 0 Å². The molecule has 4 rings (SSSR count). The molecule has 0 bridgehead atoms. The molecule has 0 unspecified atom stereocenters. The number of amides is 2. The number of carbonyl (C=O) groups excluding carboxylic acids is 2. The molecule has 6 nitrogen and oxygen atoms in total. The Morgan fingerprint density at radius 3 is 2.56 bits per heavy atom. The van der Waals surface area contributed by atoms with Crippen molar-refractivity contribution in [3.63, 3.8) is 0 Å². The van der Waals surface area contributed by atoms with E-state index in [9.17, 15) is 9.59 Å². The molecule has 0 spiro atoms. The molecule has 0 radical (unpaired) electrons. The first kappa shape index (κ1) is 25.5. The number of thiocarbonyl (C=S) groups is 1. The molecule has 3 aromatic carbocycles. The summed E-state index contributed by atoms with van der Waals surface area (Å²) in [4.78, 5) is 27.5. The maximum Gasteiger partial charge on any atom is 0.270 e. The van der Waals surface area contributed by atoms with Crippen LogP contribution < -0.4 is 19.7 Å². The van der Waals surface area contributed by atoms with Crippen LogP contribution in [-0.2, 0) is 9.59 Å². The van der Waals surface area contributed by atoms with Crippen LogP contribution in [0.1, 0.15) is 22.3 Å². The van der Waals surface area contributed by atoms with E-state index < -0.39 is 0 Å². The first-order valence-corrected chi connectivity index (χ1v) is 12.5. The van der Waals surface area contributed by atoms with E-state index in [2.05, 4.69) is 5.32 Å². The van der Waals surface area contributed by atoms with Gasteiger partial charge in [0.2, 0.25) is 0 Å². The number of ether oxygens (including phenoxy) is 2. The summed E-state index contributed by atoms with van der Waals surface area (Å²) in [7, 11) is 1.53. The highest BCUT2D eigenvalue weighted by atomic mass is 32.2. The van der Waals surface area contributed by atoms with Crippen LogP contribution in [0.5, 0.6) is 11.5 Å². The summed E-state index contributed by atoms with van der Waals surface area (Å²) < 4.78 is 11.6. The maximum absolute atomic E-state index is 13.1. The van der Waals surface area contributed by atoms with Gasteiger partial charge >= 0.3 is 0 Å². The maximum atomic E-state index is 13.1. The molecule has 0 saturated carbocycles. The summed E-state index contributed by atoms with van der Waals surface area (Å²) in [5, 5.41) is 2.81. The van der Waals surface area contributed by atoms with E-state index in [1.165, 1.54) is 18.9 Å². The van der Waals surface area contributed by atoms with E-state index >= 15 is 0 Å². The van der Waals surface area contributed by atoms with Crippen LogP contribution in [0.4, 0.5) is 11.4 Å². The van der Waals surface area contributed by atoms with Crippen molar-refractivity contribution in [1.29, 1.82) is 0 Å². The second kappa shape index (κ2) is 11.0. The third kappa shape index (κ3) is 5.78. The number of rotatable bonds is 7. The summed E-state index contributed by atoms with van der Waals surface area (Å²) in [5.74, 6) is 0.440. The molecular weight excluding hydrogens is 492 g/mol. The Kier molecular flexibility index (Phi) is 7.76. The van der Waals surface area contributed by atoms with Gasteiger partial charge in [0.15, 0.2) is 22.4 Å². The van der Waals surface area contributed by atoms with Gasteiger partial charge < -0.3 is 14.8 Å². The van der Waals surface area contributed by atoms with E-state index in [4.69, 9.17) is 21.7 Å². The number of carbonyl (C=O) groups is 2. The number of nitrogens with zero attached hydrogens (tertiary/aromatic N) is 1. The number of thioether (sulfide) groups is 1. The van der Waals surface area contributed by atoms with Crippen LogP contribution in [0.25, 0.3) is 6.08 Å². The van der Waals surface area contributed by atoms with Gasteiger partial charge in [0, 0.05) is 5.69 Å². The smallest absolute Gasteiger partial charge is 0.270 e. The quantitative estimate of drug-likeness (QED) is 0.304. The van der Waals surface area contributed by atoms with E-state index in [0.29, 0.717) is 26.4 Å². The van der Waals surface area contributed by atoms with Crippen molar-refractivity contribution >= 4 is 57.6 Å². The fourth-order valence-electron chi connectivity index (χ4n) is 3.66. The zero-order chi connectivity index (χ0) is 25.8. The average molecular weight is 519 g/mol. The Morgan fingerprint density at radius 2 is 1.83 bits per heavy atom. The summed E-state index contributed by atoms with van der Waals surface area (Å²) in [6.45, 7) is 5.83. The Bertz CT molecular complexity index is 1380. The molecule has 1 N–H and O–H groups in total. The zero-order valence-electron chi connectivity index (χ0n) is 20.5. The normalized spacial score (nSPS) is 14.3. The topological polar surface area (TPSA) is 67.9 Å². The molecule has 0 atom stereocenters. The van der Waals surface area contributed by atoms with E-state index in [-0.39, 0.29) is 18.4 Å². The minimum Gasteiger partial charge on any atom is -0.493 e. The second-order valence-electron chi connectivity index (χ2n) is 8.40. The van der Waals surface area contributed by atoms with E-state index in [1.54, 1.807) is 29.2 Å². The number of anilines is 2. The molecule has 8 heteroatoms. The fraction of sp³-hybridized carbons (Fsp3) is 0.179. The second-order valence-corrected chi connectivity index (χ2v) is 10.1. The van der Waals surface area contributed by atoms with Crippen molar-refractivity contribution in [2.24, 2.45) is 0 Å². The molecule has 3 aromatic rings. The molecule has 1 aliphatic heterocycles. The third-order valence-electron chi connectivity index (χ3n) is 5.69. The van der Waals surface area contributed by atoms with Crippen LogP contribution in [-0.4, -0.2) is 29.9 Å². The molecule has 184 valence electrons. The van der Waals surface area contributed by atoms with Gasteiger partial charge in [-0.1, -0.05) is 48.2 Å². The van der Waals surface area contributed by atoms with Crippen LogP contribution >= 0.6 is 24.0 Å². The monoisotopic (exact) mass is 518 g/mol. The van der Waals surface area contributed by atoms with Gasteiger partial charge in [-0.3, -0.25) is 14.5 Å². The zero-order valence-corrected chi connectivity index (χ0v) is 22.1. The van der Waals surface area contributed by atoms with Gasteiger partial charge in [0.05, 0.1) is 17.7 Å². The van der Waals surface area contributed by atoms with Gasteiger partial charge in [-0.15, -0.1) is 0 Å². The lowest BCUT2D eigenvalue weighted by Crippen LogP contribution is -2.27. The molecule has 1 fully saturated rings. The van der Waals surface area contributed by atoms with Gasteiger partial charge in [0.1, 0.15) is 0 Å². The van der Waals surface area contributed by atoms with Gasteiger partial charge in [-0.05, 0) is 85.5 Å². The van der Waals surface area contributed by atoms with Crippen molar-refractivity contribution in [3.8, 4) is 11.5 Å². The molecule has 0 aromatic heterocycles. The summed E-state index contributed by atoms with van der Waals surface area (Å²) in [6.07, 6.45) is 1.77. The average Bonchev–Trinajstić information content (AvgIpc) is 3.12. The summed E-state index contributed by atoms with van der Waals surface area (Å²) >= 11 is 6.75. The number of hydrogen-bond donors (Lipinski definition) is 1. The predicted octanol–water partition coefficient (Wildman–Crippen LogP) is 6.04. The molecule has 1 saturated heterocycles. The number of nitrogens with one attached hydrogen (secondary N) is 1. The Labute approximate surface area is 220 Å². The lowest BCUT2D eigenvalue weighted by Gasteiger charge is -2.16. The van der Waals surface area contributed by atoms with Crippen molar-refractivity contribution in [3.05, 3.63) is 87.8 Å². The largest absolute Gasteiger partial charge is 0.493 e. The van der Waals surface area contributed by atoms with Crippen molar-refractivity contribution < 1.29 is 19.1 Å². The fourth-order valence-corrected chi connectivity index (χ4v) is 4.96. The Balaban J connectivity index is 1.46. The van der Waals surface area contributed by atoms with E-state index in [1.807, 2.05) is 63.2 Å². The molecule has 36 heavy (non-hydrogen) atoms. The summed E-state index contributed by atoms with van der Waals surface area (Å²) in [5.41, 5.74) is 5.53. The molecule has 1 aliphatic rings. The van der Waals surface area contributed by atoms with Gasteiger partial charge in [-0.2, -0.15) is 0 Å². The third-order valence-corrected chi connectivity index (χ3v) is 6.99. The predicted molar refractivity (Wildman–Crippen MR) is 150 cm³/mol. The standard InChI is InChI=1S/C28H26N2O4S2/c1-17-6-5-7-21(12-17)29-26(31)16-34-23-11-9-20(14-24(23)33-4)15-25-27(32)30(28(35)36-25)22-10-8-18(2)19(3)13-22/h5-15H,16H2,1-4H3,(H,29,31). The van der Waals surface area contributed by atoms with Crippen molar-refractivity contribution in [2.45, 2.75) is 20.8 Å². The lowest BCUT2D eigenvalue weighted by atomic mass is 10.1. The van der Waals surface area contributed by atoms with Crippen molar-refractivity contribution in [2.75, 3.05) is 23.9 Å². The molecule has 2 amide bonds. The highest BCUT2D eigenvalue weighted by Crippen LogP contribution is 2.37.